The molecule has 0 fully saturated rings. The molecule has 1 aromatic rings. The normalized spacial score (nSPS) is 22.1. The van der Waals surface area contributed by atoms with Crippen LogP contribution in [0.15, 0.2) is 17.8 Å². The molecular formula is C7H8N2OS. The number of hydrogen-bond donors (Lipinski definition) is 1. The Balaban J connectivity index is 2.28. The van der Waals surface area contributed by atoms with Crippen molar-refractivity contribution in [3.63, 3.8) is 0 Å². The van der Waals surface area contributed by atoms with Crippen LogP contribution in [0, 0.1) is 6.92 Å². The molecule has 1 aromatic heterocycles. The van der Waals surface area contributed by atoms with Crippen molar-refractivity contribution in [2.75, 3.05) is 0 Å². The summed E-state index contributed by atoms with van der Waals surface area (Å²) in [6, 6.07) is 0. The van der Waals surface area contributed by atoms with Gasteiger partial charge in [-0.3, -0.25) is 10.3 Å². The van der Waals surface area contributed by atoms with E-state index < -0.39 is 0 Å². The molecule has 0 bridgehead atoms. The van der Waals surface area contributed by atoms with Gasteiger partial charge in [0.25, 0.3) is 0 Å². The van der Waals surface area contributed by atoms with Crippen LogP contribution >= 0.6 is 11.3 Å². The van der Waals surface area contributed by atoms with E-state index in [0.29, 0.717) is 0 Å². The topological polar surface area (TPSA) is 34.2 Å². The molecule has 0 radical (unpaired) electrons. The van der Waals surface area contributed by atoms with Gasteiger partial charge >= 0.3 is 0 Å². The first-order chi connectivity index (χ1) is 5.38. The Bertz CT molecular complexity index is 282. The molecule has 2 heterocycles. The summed E-state index contributed by atoms with van der Waals surface area (Å²) in [5, 5.41) is 0. The maximum absolute atomic E-state index is 5.19. The molecule has 0 amide bonds. The summed E-state index contributed by atoms with van der Waals surface area (Å²) < 4.78 is 0. The van der Waals surface area contributed by atoms with Crippen molar-refractivity contribution in [1.29, 1.82) is 0 Å². The molecule has 1 atom stereocenters. The predicted molar refractivity (Wildman–Crippen MR) is 43.0 cm³/mol. The minimum Gasteiger partial charge on any atom is -0.274 e. The van der Waals surface area contributed by atoms with Crippen LogP contribution in [0.5, 0.6) is 0 Å². The maximum atomic E-state index is 5.19. The van der Waals surface area contributed by atoms with Gasteiger partial charge in [0.2, 0.25) is 0 Å². The molecular weight excluding hydrogens is 160 g/mol. The van der Waals surface area contributed by atoms with Crippen LogP contribution in [0.2, 0.25) is 0 Å². The van der Waals surface area contributed by atoms with E-state index >= 15 is 0 Å². The highest BCUT2D eigenvalue weighted by Crippen LogP contribution is 2.26. The third-order valence-electron chi connectivity index (χ3n) is 1.58. The van der Waals surface area contributed by atoms with E-state index in [-0.39, 0.29) is 6.10 Å². The predicted octanol–water partition coefficient (Wildman–Crippen LogP) is 1.54. The van der Waals surface area contributed by atoms with E-state index in [2.05, 4.69) is 10.5 Å². The molecule has 0 aliphatic carbocycles. The van der Waals surface area contributed by atoms with Gasteiger partial charge in [0.1, 0.15) is 6.10 Å². The quantitative estimate of drug-likeness (QED) is 0.690. The summed E-state index contributed by atoms with van der Waals surface area (Å²) in [5.41, 5.74) is 5.57. The monoisotopic (exact) mass is 168 g/mol. The van der Waals surface area contributed by atoms with E-state index in [9.17, 15) is 0 Å². The van der Waals surface area contributed by atoms with E-state index in [4.69, 9.17) is 4.84 Å². The highest BCUT2D eigenvalue weighted by molar-refractivity contribution is 7.09. The van der Waals surface area contributed by atoms with E-state index in [1.54, 1.807) is 17.5 Å². The van der Waals surface area contributed by atoms with Crippen LogP contribution in [0.1, 0.15) is 16.7 Å². The number of nitrogens with one attached hydrogen (secondary N) is 1. The molecule has 1 aliphatic rings. The zero-order chi connectivity index (χ0) is 7.68. The van der Waals surface area contributed by atoms with Gasteiger partial charge in [0.15, 0.2) is 0 Å². The Kier molecular flexibility index (Phi) is 1.63. The lowest BCUT2D eigenvalue weighted by Crippen LogP contribution is -2.02. The van der Waals surface area contributed by atoms with Crippen molar-refractivity contribution >= 4 is 11.3 Å². The number of hydroxylamine groups is 1. The van der Waals surface area contributed by atoms with Crippen LogP contribution in [0.4, 0.5) is 0 Å². The average molecular weight is 168 g/mol. The number of thiazole rings is 1. The molecule has 0 saturated heterocycles. The lowest BCUT2D eigenvalue weighted by atomic mass is 10.2. The third-order valence-corrected chi connectivity index (χ3v) is 2.57. The summed E-state index contributed by atoms with van der Waals surface area (Å²) in [5.74, 6) is 0. The van der Waals surface area contributed by atoms with Gasteiger partial charge < -0.3 is 0 Å². The number of nitrogens with zero attached hydrogens (tertiary/aromatic N) is 1. The number of aromatic nitrogens is 1. The second-order valence-corrected chi connectivity index (χ2v) is 3.20. The molecule has 1 unspecified atom stereocenters. The van der Waals surface area contributed by atoms with Crippen molar-refractivity contribution in [2.24, 2.45) is 0 Å². The molecule has 1 N–H and O–H groups in total. The fourth-order valence-electron chi connectivity index (χ4n) is 1.00. The number of rotatable bonds is 1. The SMILES string of the molecule is Cc1ncsc1C1C=CNO1. The van der Waals surface area contributed by atoms with Gasteiger partial charge in [-0.15, -0.1) is 11.3 Å². The first kappa shape index (κ1) is 6.82. The number of hydrogen-bond acceptors (Lipinski definition) is 4. The standard InChI is InChI=1S/C7H8N2OS/c1-5-7(11-4-8-5)6-2-3-9-10-6/h2-4,6,9H,1H3. The van der Waals surface area contributed by atoms with E-state index in [1.165, 1.54) is 4.88 Å². The lowest BCUT2D eigenvalue weighted by molar-refractivity contribution is 0.0485. The maximum Gasteiger partial charge on any atom is 0.141 e. The summed E-state index contributed by atoms with van der Waals surface area (Å²) >= 11 is 1.62. The van der Waals surface area contributed by atoms with Gasteiger partial charge in [-0.1, -0.05) is 0 Å². The molecule has 1 aliphatic heterocycles. The van der Waals surface area contributed by atoms with E-state index in [0.717, 1.165) is 5.69 Å². The molecule has 0 aromatic carbocycles. The summed E-state index contributed by atoms with van der Waals surface area (Å²) in [6.45, 7) is 1.99. The molecule has 2 rings (SSSR count). The summed E-state index contributed by atoms with van der Waals surface area (Å²) in [4.78, 5) is 10.5. The fourth-order valence-corrected chi connectivity index (χ4v) is 1.81. The second-order valence-electron chi connectivity index (χ2n) is 2.32. The van der Waals surface area contributed by atoms with Crippen molar-refractivity contribution < 1.29 is 4.84 Å². The van der Waals surface area contributed by atoms with Crippen LogP contribution < -0.4 is 5.48 Å². The Labute approximate surface area is 68.7 Å². The average Bonchev–Trinajstić information content (AvgIpc) is 2.55. The molecule has 4 heteroatoms. The highest BCUT2D eigenvalue weighted by Gasteiger charge is 2.16. The molecule has 11 heavy (non-hydrogen) atoms. The van der Waals surface area contributed by atoms with Gasteiger partial charge in [0.05, 0.1) is 16.1 Å². The lowest BCUT2D eigenvalue weighted by Gasteiger charge is -2.04. The van der Waals surface area contributed by atoms with Crippen molar-refractivity contribution in [3.05, 3.63) is 28.4 Å². The van der Waals surface area contributed by atoms with Gasteiger partial charge in [-0.25, -0.2) is 4.98 Å². The van der Waals surface area contributed by atoms with Crippen molar-refractivity contribution in [2.45, 2.75) is 13.0 Å². The first-order valence-corrected chi connectivity index (χ1v) is 4.24. The summed E-state index contributed by atoms with van der Waals surface area (Å²) in [6.07, 6.45) is 3.83. The van der Waals surface area contributed by atoms with Crippen LogP contribution in [0.25, 0.3) is 0 Å². The zero-order valence-electron chi connectivity index (χ0n) is 6.07. The Morgan fingerprint density at radius 2 is 2.64 bits per heavy atom. The van der Waals surface area contributed by atoms with Gasteiger partial charge in [0, 0.05) is 6.20 Å². The van der Waals surface area contributed by atoms with E-state index in [1.807, 2.05) is 18.5 Å². The Hall–Kier alpha value is -0.870. The zero-order valence-corrected chi connectivity index (χ0v) is 6.89. The minimum absolute atomic E-state index is 0.0579. The first-order valence-electron chi connectivity index (χ1n) is 3.36. The molecule has 3 nitrogen and oxygen atoms in total. The number of aryl methyl sites for hydroxylation is 1. The van der Waals surface area contributed by atoms with Crippen molar-refractivity contribution in [1.82, 2.24) is 10.5 Å². The van der Waals surface area contributed by atoms with Gasteiger partial charge in [-0.05, 0) is 13.0 Å². The fraction of sp³-hybridized carbons (Fsp3) is 0.286. The third kappa shape index (κ3) is 1.15. The van der Waals surface area contributed by atoms with Crippen LogP contribution in [-0.4, -0.2) is 4.98 Å². The second kappa shape index (κ2) is 2.64. The largest absolute Gasteiger partial charge is 0.274 e. The minimum atomic E-state index is 0.0579. The highest BCUT2D eigenvalue weighted by atomic mass is 32.1. The smallest absolute Gasteiger partial charge is 0.141 e. The van der Waals surface area contributed by atoms with Crippen molar-refractivity contribution in [3.8, 4) is 0 Å². The van der Waals surface area contributed by atoms with Crippen LogP contribution in [0.3, 0.4) is 0 Å². The Morgan fingerprint density at radius 1 is 1.73 bits per heavy atom. The van der Waals surface area contributed by atoms with Crippen LogP contribution in [-0.2, 0) is 4.84 Å². The Morgan fingerprint density at radius 3 is 3.18 bits per heavy atom. The molecule has 58 valence electrons. The molecule has 0 saturated carbocycles. The molecule has 0 spiro atoms. The van der Waals surface area contributed by atoms with Gasteiger partial charge in [-0.2, -0.15) is 0 Å². The summed E-state index contributed by atoms with van der Waals surface area (Å²) in [7, 11) is 0.